The molecule has 0 radical (unpaired) electrons. The number of hydrogen-bond donors (Lipinski definition) is 4. The van der Waals surface area contributed by atoms with Gasteiger partial charge in [0, 0.05) is 11.8 Å². The Bertz CT molecular complexity index is 1450. The van der Waals surface area contributed by atoms with Crippen molar-refractivity contribution in [3.05, 3.63) is 24.3 Å². The van der Waals surface area contributed by atoms with Gasteiger partial charge in [0.1, 0.15) is 23.8 Å². The van der Waals surface area contributed by atoms with Gasteiger partial charge in [-0.2, -0.15) is 0 Å². The van der Waals surface area contributed by atoms with Crippen LogP contribution in [-0.4, -0.2) is 58.2 Å². The molecule has 3 saturated carbocycles. The van der Waals surface area contributed by atoms with E-state index >= 15 is 0 Å². The maximum Gasteiger partial charge on any atom is 0.350 e. The van der Waals surface area contributed by atoms with Crippen molar-refractivity contribution in [3.63, 3.8) is 0 Å². The third kappa shape index (κ3) is 5.68. The molecule has 5 N–H and O–H groups in total. The van der Waals surface area contributed by atoms with Gasteiger partial charge in [-0.05, 0) is 88.0 Å². The number of carbonyl (C=O) groups is 1. The van der Waals surface area contributed by atoms with Gasteiger partial charge in [-0.25, -0.2) is 15.0 Å². The van der Waals surface area contributed by atoms with E-state index in [1.807, 2.05) is 6.08 Å². The first-order valence-electron chi connectivity index (χ1n) is 14.9. The third-order valence-electron chi connectivity index (χ3n) is 10.4. The molecule has 42 heavy (non-hydrogen) atoms. The summed E-state index contributed by atoms with van der Waals surface area (Å²) in [6.07, 6.45) is 18.7. The van der Waals surface area contributed by atoms with Crippen molar-refractivity contribution in [2.75, 3.05) is 12.1 Å². The molecule has 0 spiro atoms. The van der Waals surface area contributed by atoms with Crippen molar-refractivity contribution < 1.29 is 29.0 Å². The number of terminal acetylenes is 1. The number of nitrogen functional groups attached to an aromatic ring is 1. The summed E-state index contributed by atoms with van der Waals surface area (Å²) in [5.41, 5.74) is 7.17. The van der Waals surface area contributed by atoms with Crippen LogP contribution in [0.2, 0.25) is 0 Å². The number of fused-ring (bicyclic) bond motifs is 6. The normalized spacial score (nSPS) is 33.0. The Morgan fingerprint density at radius 2 is 1.98 bits per heavy atom. The number of nitrogens with two attached hydrogens (primary N) is 1. The van der Waals surface area contributed by atoms with Crippen LogP contribution in [0.4, 0.5) is 5.82 Å². The molecule has 0 aliphatic heterocycles. The van der Waals surface area contributed by atoms with Gasteiger partial charge < -0.3 is 29.9 Å². The summed E-state index contributed by atoms with van der Waals surface area (Å²) in [6.45, 7) is 4.27. The number of anilines is 1. The fourth-order valence-electron chi connectivity index (χ4n) is 8.55. The fourth-order valence-corrected chi connectivity index (χ4v) is 9.00. The lowest BCUT2D eigenvalue weighted by Gasteiger charge is -2.55. The molecule has 0 saturated heterocycles. The van der Waals surface area contributed by atoms with Crippen molar-refractivity contribution in [1.82, 2.24) is 19.5 Å². The molecule has 12 heteroatoms. The minimum absolute atomic E-state index is 0.0609. The highest BCUT2D eigenvalue weighted by molar-refractivity contribution is 7.51. The van der Waals surface area contributed by atoms with Crippen LogP contribution >= 0.6 is 7.60 Å². The zero-order valence-electron chi connectivity index (χ0n) is 24.4. The number of ketones is 1. The number of nitrogens with zero attached hydrogens (tertiary/aromatic N) is 4. The van der Waals surface area contributed by atoms with Gasteiger partial charge in [0.25, 0.3) is 0 Å². The van der Waals surface area contributed by atoms with Crippen molar-refractivity contribution in [1.29, 1.82) is 0 Å². The lowest BCUT2D eigenvalue weighted by Crippen LogP contribution is -2.53. The molecule has 0 aromatic carbocycles. The highest BCUT2D eigenvalue weighted by Crippen LogP contribution is 2.66. The molecule has 4 aliphatic carbocycles. The Kier molecular flexibility index (Phi) is 8.68. The summed E-state index contributed by atoms with van der Waals surface area (Å²) in [5.74, 6) is 6.02. The summed E-state index contributed by atoms with van der Waals surface area (Å²) < 4.78 is 17.5. The summed E-state index contributed by atoms with van der Waals surface area (Å²) in [5, 5.41) is 11.1. The van der Waals surface area contributed by atoms with Gasteiger partial charge in [-0.15, -0.1) is 6.42 Å². The summed E-state index contributed by atoms with van der Waals surface area (Å²) in [7, 11) is -4.16. The number of rotatable bonds is 6. The predicted octanol–water partition coefficient (Wildman–Crippen LogP) is 3.83. The van der Waals surface area contributed by atoms with E-state index in [0.717, 1.165) is 44.9 Å². The van der Waals surface area contributed by atoms with Crippen LogP contribution in [0.1, 0.15) is 71.6 Å². The molecule has 7 atom stereocenters. The Labute approximate surface area is 246 Å². The molecular weight excluding hydrogens is 557 g/mol. The van der Waals surface area contributed by atoms with Crippen LogP contribution in [0, 0.1) is 41.4 Å². The van der Waals surface area contributed by atoms with Crippen molar-refractivity contribution in [2.24, 2.45) is 29.1 Å². The second kappa shape index (κ2) is 11.8. The highest BCUT2D eigenvalue weighted by Gasteiger charge is 2.63. The molecule has 4 aliphatic rings. The molecule has 0 bridgehead atoms. The van der Waals surface area contributed by atoms with E-state index in [9.17, 15) is 14.5 Å². The SMILES string of the molecule is C#C[C@]1(O)CC[C@H]2[C@@H]3CCC4=CC(=O)CC[C@@H]4[C@H]3CC[C@@]21CC.C[C@H](Cn1cnc2c(N)ncnc21)OCP(=O)(O)O. The lowest BCUT2D eigenvalue weighted by atomic mass is 9.49. The number of aliphatic hydroxyl groups is 1. The molecule has 3 fully saturated rings. The van der Waals surface area contributed by atoms with Crippen LogP contribution in [0.5, 0.6) is 0 Å². The van der Waals surface area contributed by atoms with E-state index in [0.29, 0.717) is 47.2 Å². The molecule has 2 aromatic heterocycles. The largest absolute Gasteiger partial charge is 0.382 e. The van der Waals surface area contributed by atoms with Gasteiger partial charge in [-0.3, -0.25) is 9.36 Å². The number of aromatic nitrogens is 4. The first-order chi connectivity index (χ1) is 19.9. The van der Waals surface area contributed by atoms with Gasteiger partial charge in [0.15, 0.2) is 17.2 Å². The summed E-state index contributed by atoms with van der Waals surface area (Å²) >= 11 is 0. The van der Waals surface area contributed by atoms with Crippen molar-refractivity contribution >= 4 is 30.4 Å². The zero-order valence-corrected chi connectivity index (χ0v) is 25.2. The molecule has 228 valence electrons. The molecule has 6 rings (SSSR count). The molecule has 2 heterocycles. The molecule has 11 nitrogen and oxygen atoms in total. The van der Waals surface area contributed by atoms with Crippen molar-refractivity contribution in [2.45, 2.75) is 89.9 Å². The summed E-state index contributed by atoms with van der Waals surface area (Å²) in [6, 6.07) is 0. The number of imidazole rings is 1. The van der Waals surface area contributed by atoms with E-state index < -0.39 is 25.6 Å². The van der Waals surface area contributed by atoms with Gasteiger partial charge in [0.05, 0.1) is 19.0 Å². The van der Waals surface area contributed by atoms with Crippen LogP contribution in [0.3, 0.4) is 0 Å². The Morgan fingerprint density at radius 3 is 2.69 bits per heavy atom. The molecule has 0 amide bonds. The van der Waals surface area contributed by atoms with E-state index in [1.165, 1.54) is 31.1 Å². The Morgan fingerprint density at radius 1 is 1.19 bits per heavy atom. The molecular formula is C30H42N5O6P. The average molecular weight is 600 g/mol. The number of ether oxygens (including phenoxy) is 1. The predicted molar refractivity (Wildman–Crippen MR) is 158 cm³/mol. The van der Waals surface area contributed by atoms with E-state index in [2.05, 4.69) is 27.8 Å². The number of hydrogen-bond acceptors (Lipinski definition) is 8. The second-order valence-corrected chi connectivity index (χ2v) is 14.1. The highest BCUT2D eigenvalue weighted by atomic mass is 31.2. The van der Waals surface area contributed by atoms with Gasteiger partial charge in [0.2, 0.25) is 0 Å². The third-order valence-corrected chi connectivity index (χ3v) is 10.9. The standard InChI is InChI=1S/C21H28O2.C9H14N5O4P/c1-3-20-11-9-17-16-8-6-15(22)13-14(16)5-7-18(17)19(20)10-12-21(20,23)4-2;1-6(18-5-19(15,16)17)2-14-4-13-7-8(10)11-3-12-9(7)14/h2,13,16-19,23H,3,5-12H2,1H3;3-4,6H,2,5H2,1H3,(H2,10,11,12)(H2,15,16,17)/t16-,17+,18+,19-,20-,21-;6-/m01/s1. The van der Waals surface area contributed by atoms with Crippen LogP contribution < -0.4 is 5.73 Å². The van der Waals surface area contributed by atoms with Crippen molar-refractivity contribution in [3.8, 4) is 12.3 Å². The van der Waals surface area contributed by atoms with Gasteiger partial charge in [-0.1, -0.05) is 18.4 Å². The Hall–Kier alpha value is -2.61. The van der Waals surface area contributed by atoms with E-state index in [1.54, 1.807) is 11.5 Å². The Balaban J connectivity index is 0.000000172. The first kappa shape index (κ1) is 30.8. The van der Waals surface area contributed by atoms with E-state index in [4.69, 9.17) is 26.7 Å². The summed E-state index contributed by atoms with van der Waals surface area (Å²) in [4.78, 5) is 41.2. The zero-order chi connectivity index (χ0) is 30.3. The second-order valence-electron chi connectivity index (χ2n) is 12.5. The quantitative estimate of drug-likeness (QED) is 0.282. The maximum atomic E-state index is 11.8. The van der Waals surface area contributed by atoms with E-state index in [-0.39, 0.29) is 11.2 Å². The fraction of sp³-hybridized carbons (Fsp3) is 0.667. The topological polar surface area (TPSA) is 174 Å². The molecule has 0 unspecified atom stereocenters. The van der Waals surface area contributed by atoms with Crippen LogP contribution in [0.25, 0.3) is 11.2 Å². The first-order valence-corrected chi connectivity index (χ1v) is 16.7. The minimum atomic E-state index is -4.16. The number of allylic oxidation sites excluding steroid dienone is 1. The minimum Gasteiger partial charge on any atom is -0.382 e. The smallest absolute Gasteiger partial charge is 0.350 e. The number of carbonyl (C=O) groups excluding carboxylic acids is 1. The van der Waals surface area contributed by atoms with Crippen LogP contribution in [-0.2, 0) is 20.6 Å². The maximum absolute atomic E-state index is 11.8. The van der Waals surface area contributed by atoms with Gasteiger partial charge >= 0.3 is 7.60 Å². The monoisotopic (exact) mass is 599 g/mol. The average Bonchev–Trinajstić information content (AvgIpc) is 3.51. The van der Waals surface area contributed by atoms with Crippen LogP contribution in [0.15, 0.2) is 24.3 Å². The lowest BCUT2D eigenvalue weighted by molar-refractivity contribution is -0.117. The molecule has 2 aromatic rings.